The fraction of sp³-hybridized carbons (Fsp3) is 0.733. The van der Waals surface area contributed by atoms with Crippen LogP contribution in [0, 0.1) is 34.5 Å². The first-order valence-corrected chi connectivity index (χ1v) is 7.43. The SMILES string of the molecule is CC1CCC2(CC1)NC(=O)N(C[C@H](C#N)CCC#N)C2=O. The van der Waals surface area contributed by atoms with E-state index in [2.05, 4.69) is 18.3 Å². The topological polar surface area (TPSA) is 97.0 Å². The van der Waals surface area contributed by atoms with Crippen LogP contribution in [-0.2, 0) is 4.79 Å². The molecule has 6 nitrogen and oxygen atoms in total. The van der Waals surface area contributed by atoms with Crippen molar-refractivity contribution < 1.29 is 9.59 Å². The molecule has 1 saturated carbocycles. The van der Waals surface area contributed by atoms with Crippen LogP contribution in [0.3, 0.4) is 0 Å². The van der Waals surface area contributed by atoms with Crippen molar-refractivity contribution in [2.45, 2.75) is 51.0 Å². The van der Waals surface area contributed by atoms with Gasteiger partial charge in [-0.3, -0.25) is 9.69 Å². The smallest absolute Gasteiger partial charge is 0.323 e. The zero-order valence-electron chi connectivity index (χ0n) is 12.3. The van der Waals surface area contributed by atoms with Crippen LogP contribution in [0.4, 0.5) is 4.79 Å². The predicted octanol–water partition coefficient (Wildman–Crippen LogP) is 1.93. The van der Waals surface area contributed by atoms with E-state index in [0.717, 1.165) is 12.8 Å². The Bertz CT molecular complexity index is 509. The molecular weight excluding hydrogens is 268 g/mol. The Kier molecular flexibility index (Phi) is 4.47. The van der Waals surface area contributed by atoms with Crippen LogP contribution >= 0.6 is 0 Å². The lowest BCUT2D eigenvalue weighted by Crippen LogP contribution is -2.49. The van der Waals surface area contributed by atoms with Crippen molar-refractivity contribution in [1.29, 1.82) is 10.5 Å². The fourth-order valence-corrected chi connectivity index (χ4v) is 3.09. The van der Waals surface area contributed by atoms with Gasteiger partial charge in [0.25, 0.3) is 5.91 Å². The maximum atomic E-state index is 12.6. The number of nitrogens with one attached hydrogen (secondary N) is 1. The Hall–Kier alpha value is -2.08. The number of nitrogens with zero attached hydrogens (tertiary/aromatic N) is 3. The highest BCUT2D eigenvalue weighted by Gasteiger charge is 2.52. The van der Waals surface area contributed by atoms with Crippen LogP contribution in [0.1, 0.15) is 45.4 Å². The first kappa shape index (κ1) is 15.3. The highest BCUT2D eigenvalue weighted by molar-refractivity contribution is 6.07. The average Bonchev–Trinajstić information content (AvgIpc) is 2.70. The summed E-state index contributed by atoms with van der Waals surface area (Å²) < 4.78 is 0. The summed E-state index contributed by atoms with van der Waals surface area (Å²) in [4.78, 5) is 25.8. The van der Waals surface area contributed by atoms with E-state index in [-0.39, 0.29) is 18.9 Å². The second-order valence-electron chi connectivity index (χ2n) is 6.13. The summed E-state index contributed by atoms with van der Waals surface area (Å²) in [6, 6.07) is 3.67. The summed E-state index contributed by atoms with van der Waals surface area (Å²) in [5.74, 6) is -0.0921. The minimum Gasteiger partial charge on any atom is -0.323 e. The molecule has 1 N–H and O–H groups in total. The van der Waals surface area contributed by atoms with Crippen LogP contribution < -0.4 is 5.32 Å². The fourth-order valence-electron chi connectivity index (χ4n) is 3.09. The first-order valence-electron chi connectivity index (χ1n) is 7.43. The van der Waals surface area contributed by atoms with Crippen molar-refractivity contribution in [1.82, 2.24) is 10.2 Å². The molecule has 1 atom stereocenters. The summed E-state index contributed by atoms with van der Waals surface area (Å²) >= 11 is 0. The summed E-state index contributed by atoms with van der Waals surface area (Å²) in [6.07, 6.45) is 3.83. The molecule has 0 aromatic heterocycles. The van der Waals surface area contributed by atoms with Crippen molar-refractivity contribution in [3.05, 3.63) is 0 Å². The normalized spacial score (nSPS) is 29.9. The Morgan fingerprint density at radius 2 is 2.05 bits per heavy atom. The minimum atomic E-state index is -0.751. The second-order valence-corrected chi connectivity index (χ2v) is 6.13. The van der Waals surface area contributed by atoms with Crippen LogP contribution in [0.15, 0.2) is 0 Å². The molecule has 1 heterocycles. The molecule has 2 fully saturated rings. The van der Waals surface area contributed by atoms with Gasteiger partial charge in [0.2, 0.25) is 0 Å². The largest absolute Gasteiger partial charge is 0.325 e. The lowest BCUT2D eigenvalue weighted by atomic mass is 9.77. The molecule has 1 saturated heterocycles. The van der Waals surface area contributed by atoms with E-state index in [1.807, 2.05) is 6.07 Å². The van der Waals surface area contributed by atoms with Gasteiger partial charge >= 0.3 is 6.03 Å². The Morgan fingerprint density at radius 3 is 2.62 bits per heavy atom. The van der Waals surface area contributed by atoms with Crippen molar-refractivity contribution in [2.75, 3.05) is 6.54 Å². The van der Waals surface area contributed by atoms with Gasteiger partial charge in [-0.25, -0.2) is 4.79 Å². The van der Waals surface area contributed by atoms with E-state index in [4.69, 9.17) is 10.5 Å². The molecule has 0 unspecified atom stereocenters. The average molecular weight is 288 g/mol. The molecule has 21 heavy (non-hydrogen) atoms. The van der Waals surface area contributed by atoms with Crippen molar-refractivity contribution in [3.8, 4) is 12.1 Å². The summed E-state index contributed by atoms with van der Waals surface area (Å²) in [5.41, 5.74) is -0.751. The van der Waals surface area contributed by atoms with E-state index in [1.54, 1.807) is 0 Å². The predicted molar refractivity (Wildman–Crippen MR) is 74.6 cm³/mol. The summed E-state index contributed by atoms with van der Waals surface area (Å²) in [7, 11) is 0. The van der Waals surface area contributed by atoms with Crippen molar-refractivity contribution in [3.63, 3.8) is 0 Å². The molecule has 1 aliphatic heterocycles. The Morgan fingerprint density at radius 1 is 1.38 bits per heavy atom. The van der Waals surface area contributed by atoms with Crippen LogP contribution in [0.2, 0.25) is 0 Å². The summed E-state index contributed by atoms with van der Waals surface area (Å²) in [5, 5.41) is 20.5. The van der Waals surface area contributed by atoms with Crippen LogP contribution in [0.25, 0.3) is 0 Å². The van der Waals surface area contributed by atoms with E-state index < -0.39 is 17.5 Å². The lowest BCUT2D eigenvalue weighted by molar-refractivity contribution is -0.133. The number of rotatable bonds is 4. The number of carbonyl (C=O) groups is 2. The highest BCUT2D eigenvalue weighted by Crippen LogP contribution is 2.36. The molecule has 6 heteroatoms. The number of carbonyl (C=O) groups excluding carboxylic acids is 2. The van der Waals surface area contributed by atoms with E-state index in [9.17, 15) is 9.59 Å². The lowest BCUT2D eigenvalue weighted by Gasteiger charge is -2.33. The molecule has 0 radical (unpaired) electrons. The molecule has 2 rings (SSSR count). The molecule has 1 aliphatic carbocycles. The molecular formula is C15H20N4O2. The van der Waals surface area contributed by atoms with Gasteiger partial charge in [-0.2, -0.15) is 10.5 Å². The van der Waals surface area contributed by atoms with Crippen molar-refractivity contribution >= 4 is 11.9 Å². The molecule has 3 amide bonds. The van der Waals surface area contributed by atoms with Gasteiger partial charge < -0.3 is 5.32 Å². The van der Waals surface area contributed by atoms with Gasteiger partial charge in [0.15, 0.2) is 0 Å². The van der Waals surface area contributed by atoms with E-state index in [1.165, 1.54) is 4.90 Å². The quantitative estimate of drug-likeness (QED) is 0.799. The van der Waals surface area contributed by atoms with Gasteiger partial charge in [0.05, 0.1) is 18.1 Å². The molecule has 112 valence electrons. The molecule has 0 aromatic carbocycles. The molecule has 0 aromatic rings. The number of imide groups is 1. The Balaban J connectivity index is 2.05. The summed E-state index contributed by atoms with van der Waals surface area (Å²) in [6.45, 7) is 2.24. The number of nitriles is 2. The maximum Gasteiger partial charge on any atom is 0.325 e. The minimum absolute atomic E-state index is 0.0835. The van der Waals surface area contributed by atoms with E-state index in [0.29, 0.717) is 25.2 Å². The number of amides is 3. The zero-order chi connectivity index (χ0) is 15.5. The third kappa shape index (κ3) is 3.00. The number of hydrogen-bond acceptors (Lipinski definition) is 4. The second kappa shape index (κ2) is 6.13. The van der Waals surface area contributed by atoms with Gasteiger partial charge in [-0.15, -0.1) is 0 Å². The molecule has 0 bridgehead atoms. The van der Waals surface area contributed by atoms with Gasteiger partial charge in [-0.1, -0.05) is 6.92 Å². The standard InChI is InChI=1S/C15H20N4O2/c1-11-4-6-15(7-5-11)13(20)19(14(21)18-15)10-12(9-17)3-2-8-16/h11-12H,2-7,10H2,1H3,(H,18,21)/t11?,12-,15?/m0/s1. The highest BCUT2D eigenvalue weighted by atomic mass is 16.2. The monoisotopic (exact) mass is 288 g/mol. The van der Waals surface area contributed by atoms with E-state index >= 15 is 0 Å². The van der Waals surface area contributed by atoms with Gasteiger partial charge in [-0.05, 0) is 38.0 Å². The van der Waals surface area contributed by atoms with Crippen LogP contribution in [0.5, 0.6) is 0 Å². The maximum absolute atomic E-state index is 12.6. The number of urea groups is 1. The molecule has 1 spiro atoms. The first-order chi connectivity index (χ1) is 10.0. The number of hydrogen-bond donors (Lipinski definition) is 1. The zero-order valence-corrected chi connectivity index (χ0v) is 12.3. The van der Waals surface area contributed by atoms with Gasteiger partial charge in [0, 0.05) is 13.0 Å². The van der Waals surface area contributed by atoms with Crippen molar-refractivity contribution in [2.24, 2.45) is 11.8 Å². The third-order valence-electron chi connectivity index (χ3n) is 4.56. The Labute approximate surface area is 124 Å². The van der Waals surface area contributed by atoms with Gasteiger partial charge in [0.1, 0.15) is 5.54 Å². The molecule has 2 aliphatic rings. The van der Waals surface area contributed by atoms with Crippen LogP contribution in [-0.4, -0.2) is 28.9 Å². The third-order valence-corrected chi connectivity index (χ3v) is 4.56.